The van der Waals surface area contributed by atoms with E-state index in [4.69, 9.17) is 0 Å². The van der Waals surface area contributed by atoms with Gasteiger partial charge in [-0.3, -0.25) is 0 Å². The van der Waals surface area contributed by atoms with Crippen LogP contribution in [0.3, 0.4) is 0 Å². The molecule has 0 aromatic carbocycles. The van der Waals surface area contributed by atoms with E-state index in [1.165, 1.54) is 6.08 Å². The minimum absolute atomic E-state index is 0.0504. The van der Waals surface area contributed by atoms with Gasteiger partial charge in [-0.2, -0.15) is 0 Å². The van der Waals surface area contributed by atoms with Crippen molar-refractivity contribution in [2.24, 2.45) is 11.8 Å². The van der Waals surface area contributed by atoms with Gasteiger partial charge in [0, 0.05) is 10.9 Å². The number of alkyl halides is 1. The van der Waals surface area contributed by atoms with E-state index in [0.29, 0.717) is 10.4 Å². The van der Waals surface area contributed by atoms with Crippen LogP contribution in [0.1, 0.15) is 38.5 Å². The number of allylic oxidation sites excluding steroid dienone is 5. The summed E-state index contributed by atoms with van der Waals surface area (Å²) < 4.78 is 28.8. The molecule has 1 atom stereocenters. The van der Waals surface area contributed by atoms with Crippen LogP contribution >= 0.6 is 15.9 Å². The number of hydrogen-bond acceptors (Lipinski definition) is 0. The van der Waals surface area contributed by atoms with Gasteiger partial charge >= 0.3 is 0 Å². The maximum atomic E-state index is 14.9. The summed E-state index contributed by atoms with van der Waals surface area (Å²) >= 11 is 3.20. The molecule has 1 fully saturated rings. The summed E-state index contributed by atoms with van der Waals surface area (Å²) in [5, 5.41) is 0. The molecule has 2 aliphatic carbocycles. The zero-order valence-electron chi connectivity index (χ0n) is 10.5. The highest BCUT2D eigenvalue weighted by molar-refractivity contribution is 9.11. The molecule has 0 aliphatic heterocycles. The minimum atomic E-state index is -1.50. The predicted octanol–water partition coefficient (Wildman–Crippen LogP) is 5.61. The molecule has 18 heavy (non-hydrogen) atoms. The van der Waals surface area contributed by atoms with Crippen LogP contribution in [0.5, 0.6) is 0 Å². The lowest BCUT2D eigenvalue weighted by Gasteiger charge is -2.37. The van der Waals surface area contributed by atoms with Crippen LogP contribution in [0.25, 0.3) is 0 Å². The van der Waals surface area contributed by atoms with Crippen molar-refractivity contribution in [1.82, 2.24) is 0 Å². The molecule has 0 aromatic heterocycles. The van der Waals surface area contributed by atoms with E-state index in [0.717, 1.165) is 32.1 Å². The first-order chi connectivity index (χ1) is 8.53. The van der Waals surface area contributed by atoms with Gasteiger partial charge in [0.2, 0.25) is 0 Å². The number of halogens is 3. The monoisotopic (exact) mass is 316 g/mol. The van der Waals surface area contributed by atoms with Crippen LogP contribution < -0.4 is 0 Å². The average Bonchev–Trinajstić information content (AvgIpc) is 2.28. The Kier molecular flexibility index (Phi) is 4.41. The largest absolute Gasteiger partial charge is 0.239 e. The molecule has 100 valence electrons. The van der Waals surface area contributed by atoms with Gasteiger partial charge in [-0.15, -0.1) is 6.58 Å². The van der Waals surface area contributed by atoms with Crippen molar-refractivity contribution < 1.29 is 8.78 Å². The second-order valence-electron chi connectivity index (χ2n) is 5.47. The van der Waals surface area contributed by atoms with Crippen LogP contribution in [0.15, 0.2) is 35.1 Å². The molecule has 3 heteroatoms. The molecule has 0 nitrogen and oxygen atoms in total. The van der Waals surface area contributed by atoms with E-state index < -0.39 is 5.67 Å². The van der Waals surface area contributed by atoms with Crippen molar-refractivity contribution in [3.8, 4) is 0 Å². The summed E-state index contributed by atoms with van der Waals surface area (Å²) in [6, 6.07) is 0. The van der Waals surface area contributed by atoms with Crippen LogP contribution in [-0.4, -0.2) is 5.67 Å². The predicted molar refractivity (Wildman–Crippen MR) is 74.9 cm³/mol. The van der Waals surface area contributed by atoms with Crippen LogP contribution in [-0.2, 0) is 0 Å². The molecule has 1 saturated carbocycles. The van der Waals surface area contributed by atoms with E-state index in [-0.39, 0.29) is 18.2 Å². The van der Waals surface area contributed by atoms with E-state index in [1.807, 2.05) is 6.08 Å². The quantitative estimate of drug-likeness (QED) is 0.593. The lowest BCUT2D eigenvalue weighted by Crippen LogP contribution is -2.35. The Labute approximate surface area is 116 Å². The van der Waals surface area contributed by atoms with Gasteiger partial charge < -0.3 is 0 Å². The van der Waals surface area contributed by atoms with Crippen LogP contribution in [0.2, 0.25) is 0 Å². The molecule has 0 amide bonds. The third-order valence-electron chi connectivity index (χ3n) is 4.14. The van der Waals surface area contributed by atoms with Crippen molar-refractivity contribution in [3.63, 3.8) is 0 Å². The Morgan fingerprint density at radius 1 is 1.39 bits per heavy atom. The normalized spacial score (nSPS) is 36.8. The van der Waals surface area contributed by atoms with Gasteiger partial charge in [-0.1, -0.05) is 22.0 Å². The molecule has 1 unspecified atom stereocenters. The molecule has 0 heterocycles. The fraction of sp³-hybridized carbons (Fsp3) is 0.600. The Hall–Kier alpha value is -0.440. The zero-order valence-corrected chi connectivity index (χ0v) is 12.1. The van der Waals surface area contributed by atoms with Gasteiger partial charge in [0.1, 0.15) is 11.5 Å². The van der Waals surface area contributed by atoms with Crippen molar-refractivity contribution in [3.05, 3.63) is 35.1 Å². The smallest absolute Gasteiger partial charge is 0.139 e. The van der Waals surface area contributed by atoms with Gasteiger partial charge in [0.15, 0.2) is 0 Å². The molecular weight excluding hydrogens is 298 g/mol. The molecule has 0 bridgehead atoms. The molecule has 0 N–H and O–H groups in total. The molecule has 2 aliphatic rings. The SMILES string of the molecule is C=CCC1CCC(C2(F)C=C(Br)C=C(F)C2)CC1. The van der Waals surface area contributed by atoms with Gasteiger partial charge in [0.25, 0.3) is 0 Å². The van der Waals surface area contributed by atoms with Crippen molar-refractivity contribution in [1.29, 1.82) is 0 Å². The number of rotatable bonds is 3. The molecule has 0 spiro atoms. The molecule has 0 radical (unpaired) electrons. The summed E-state index contributed by atoms with van der Waals surface area (Å²) in [6.07, 6.45) is 9.51. The molecule has 0 aromatic rings. The Balaban J connectivity index is 2.01. The first kappa shape index (κ1) is 14.0. The van der Waals surface area contributed by atoms with Gasteiger partial charge in [-0.25, -0.2) is 8.78 Å². The third kappa shape index (κ3) is 3.11. The Morgan fingerprint density at radius 3 is 2.61 bits per heavy atom. The average molecular weight is 317 g/mol. The van der Waals surface area contributed by atoms with E-state index in [1.54, 1.807) is 6.08 Å². The first-order valence-electron chi connectivity index (χ1n) is 6.58. The first-order valence-corrected chi connectivity index (χ1v) is 7.37. The second kappa shape index (κ2) is 5.68. The standard InChI is InChI=1S/C15H19BrF2/c1-2-3-11-4-6-12(7-5-11)15(18)9-13(16)8-14(17)10-15/h2,8-9,11-12H,1,3-7,10H2. The molecule has 0 saturated heterocycles. The highest BCUT2D eigenvalue weighted by Gasteiger charge is 2.41. The van der Waals surface area contributed by atoms with Crippen molar-refractivity contribution in [2.75, 3.05) is 0 Å². The van der Waals surface area contributed by atoms with E-state index in [9.17, 15) is 8.78 Å². The van der Waals surface area contributed by atoms with Crippen molar-refractivity contribution in [2.45, 2.75) is 44.2 Å². The summed E-state index contributed by atoms with van der Waals surface area (Å²) in [5.74, 6) is 0.226. The minimum Gasteiger partial charge on any atom is -0.239 e. The summed E-state index contributed by atoms with van der Waals surface area (Å²) in [7, 11) is 0. The molecular formula is C15H19BrF2. The lowest BCUT2D eigenvalue weighted by molar-refractivity contribution is 0.0830. The fourth-order valence-corrected chi connectivity index (χ4v) is 3.79. The second-order valence-corrected chi connectivity index (χ2v) is 6.38. The number of hydrogen-bond donors (Lipinski definition) is 0. The highest BCUT2D eigenvalue weighted by Crippen LogP contribution is 2.45. The maximum absolute atomic E-state index is 14.9. The lowest BCUT2D eigenvalue weighted by atomic mass is 9.71. The zero-order chi connectivity index (χ0) is 13.2. The van der Waals surface area contributed by atoms with Crippen molar-refractivity contribution >= 4 is 15.9 Å². The Bertz CT molecular complexity index is 378. The highest BCUT2D eigenvalue weighted by atomic mass is 79.9. The topological polar surface area (TPSA) is 0 Å². The Morgan fingerprint density at radius 2 is 2.06 bits per heavy atom. The van der Waals surface area contributed by atoms with E-state index >= 15 is 0 Å². The van der Waals surface area contributed by atoms with E-state index in [2.05, 4.69) is 22.5 Å². The van der Waals surface area contributed by atoms with Crippen LogP contribution in [0.4, 0.5) is 8.78 Å². The van der Waals surface area contributed by atoms with Gasteiger partial charge in [0.05, 0.1) is 0 Å². The maximum Gasteiger partial charge on any atom is 0.139 e. The third-order valence-corrected chi connectivity index (χ3v) is 4.60. The summed E-state index contributed by atoms with van der Waals surface area (Å²) in [5.41, 5.74) is -1.50. The van der Waals surface area contributed by atoms with Crippen LogP contribution in [0, 0.1) is 11.8 Å². The fourth-order valence-electron chi connectivity index (χ4n) is 3.16. The summed E-state index contributed by atoms with van der Waals surface area (Å²) in [4.78, 5) is 0. The summed E-state index contributed by atoms with van der Waals surface area (Å²) in [6.45, 7) is 3.75. The van der Waals surface area contributed by atoms with Gasteiger partial charge in [-0.05, 0) is 56.1 Å². The molecule has 2 rings (SSSR count).